The number of para-hydroxylation sites is 1. The van der Waals surface area contributed by atoms with Crippen molar-refractivity contribution in [2.24, 2.45) is 0 Å². The van der Waals surface area contributed by atoms with Gasteiger partial charge in [-0.2, -0.15) is 0 Å². The Kier molecular flexibility index (Phi) is 7.42. The van der Waals surface area contributed by atoms with Crippen molar-refractivity contribution in [3.63, 3.8) is 0 Å². The van der Waals surface area contributed by atoms with Gasteiger partial charge in [0.15, 0.2) is 0 Å². The molecule has 0 saturated carbocycles. The van der Waals surface area contributed by atoms with Gasteiger partial charge in [0, 0.05) is 17.1 Å². The molecule has 7 aromatic rings. The predicted octanol–water partition coefficient (Wildman–Crippen LogP) is 11.8. The van der Waals surface area contributed by atoms with Crippen LogP contribution in [0, 0.1) is 13.8 Å². The van der Waals surface area contributed by atoms with Crippen molar-refractivity contribution < 1.29 is 4.74 Å². The third-order valence-corrected chi connectivity index (χ3v) is 9.71. The van der Waals surface area contributed by atoms with Crippen molar-refractivity contribution in [2.45, 2.75) is 19.3 Å². The maximum Gasteiger partial charge on any atom is 0.118 e. The molecule has 48 heavy (non-hydrogen) atoms. The van der Waals surface area contributed by atoms with E-state index in [4.69, 9.17) is 4.74 Å². The molecule has 0 spiro atoms. The van der Waals surface area contributed by atoms with Crippen molar-refractivity contribution in [2.75, 3.05) is 12.0 Å². The fraction of sp³-hybridized carbons (Fsp3) is 0.0870. The van der Waals surface area contributed by atoms with Crippen molar-refractivity contribution >= 4 is 17.1 Å². The molecule has 1 atom stereocenters. The van der Waals surface area contributed by atoms with E-state index in [1.54, 1.807) is 7.11 Å². The third-order valence-electron chi connectivity index (χ3n) is 9.71. The molecule has 1 aliphatic rings. The van der Waals surface area contributed by atoms with E-state index in [1.807, 2.05) is 0 Å². The summed E-state index contributed by atoms with van der Waals surface area (Å²) in [6, 6.07) is 61.8. The number of rotatable bonds is 7. The average molecular weight is 620 g/mol. The number of ether oxygens (including phenoxy) is 1. The van der Waals surface area contributed by atoms with Crippen LogP contribution in [0.2, 0.25) is 0 Å². The van der Waals surface area contributed by atoms with Crippen LogP contribution in [0.4, 0.5) is 17.1 Å². The van der Waals surface area contributed by atoms with Gasteiger partial charge in [-0.3, -0.25) is 0 Å². The predicted molar refractivity (Wildman–Crippen MR) is 200 cm³/mol. The van der Waals surface area contributed by atoms with E-state index in [0.29, 0.717) is 0 Å². The van der Waals surface area contributed by atoms with Crippen LogP contribution in [0.15, 0.2) is 170 Å². The summed E-state index contributed by atoms with van der Waals surface area (Å²) in [7, 11) is 1.73. The van der Waals surface area contributed by atoms with E-state index in [0.717, 1.165) is 22.8 Å². The summed E-state index contributed by atoms with van der Waals surface area (Å²) in [6.07, 6.45) is 0. The lowest BCUT2D eigenvalue weighted by molar-refractivity contribution is 0.414. The summed E-state index contributed by atoms with van der Waals surface area (Å²) < 4.78 is 5.63. The topological polar surface area (TPSA) is 12.5 Å². The van der Waals surface area contributed by atoms with E-state index in [1.165, 1.54) is 55.6 Å². The van der Waals surface area contributed by atoms with E-state index in [2.05, 4.69) is 189 Å². The molecule has 2 nitrogen and oxygen atoms in total. The summed E-state index contributed by atoms with van der Waals surface area (Å²) in [4.78, 5) is 2.37. The van der Waals surface area contributed by atoms with E-state index < -0.39 is 5.41 Å². The standard InChI is InChI=1S/C46H37NO/c1-32-28-33(2)30-37(29-32)46(36-20-25-41(48-3)26-21-36)44-17-11-10-16-42(44)43-27-24-40(31-45(43)46)47(38-14-8-5-9-15-38)39-22-18-35(19-23-39)34-12-6-4-7-13-34/h4-31H,1-3H3. The Morgan fingerprint density at radius 3 is 1.69 bits per heavy atom. The largest absolute Gasteiger partial charge is 0.497 e. The Bertz CT molecular complexity index is 2200. The van der Waals surface area contributed by atoms with Crippen LogP contribution in [-0.4, -0.2) is 7.11 Å². The molecule has 1 aliphatic carbocycles. The maximum absolute atomic E-state index is 5.63. The zero-order valence-corrected chi connectivity index (χ0v) is 27.5. The van der Waals surface area contributed by atoms with Gasteiger partial charge in [0.2, 0.25) is 0 Å². The first-order chi connectivity index (χ1) is 23.6. The van der Waals surface area contributed by atoms with Crippen molar-refractivity contribution in [3.05, 3.63) is 203 Å². The highest BCUT2D eigenvalue weighted by Crippen LogP contribution is 2.57. The molecule has 0 aromatic heterocycles. The van der Waals surface area contributed by atoms with Gasteiger partial charge in [-0.05, 0) is 107 Å². The van der Waals surface area contributed by atoms with Crippen molar-refractivity contribution in [3.8, 4) is 28.0 Å². The summed E-state index contributed by atoms with van der Waals surface area (Å²) >= 11 is 0. The smallest absolute Gasteiger partial charge is 0.118 e. The molecular formula is C46H37NO. The van der Waals surface area contributed by atoms with Crippen LogP contribution in [0.5, 0.6) is 5.75 Å². The number of methoxy groups -OCH3 is 1. The van der Waals surface area contributed by atoms with Crippen LogP contribution in [0.25, 0.3) is 22.3 Å². The second kappa shape index (κ2) is 12.1. The first kappa shape index (κ1) is 29.5. The molecule has 1 unspecified atom stereocenters. The number of benzene rings is 7. The lowest BCUT2D eigenvalue weighted by Crippen LogP contribution is -2.29. The van der Waals surface area contributed by atoms with Crippen LogP contribution in [0.3, 0.4) is 0 Å². The third kappa shape index (κ3) is 4.89. The van der Waals surface area contributed by atoms with Gasteiger partial charge in [0.05, 0.1) is 12.5 Å². The van der Waals surface area contributed by atoms with Gasteiger partial charge in [-0.1, -0.05) is 132 Å². The Hall–Kier alpha value is -5.86. The van der Waals surface area contributed by atoms with Crippen LogP contribution in [-0.2, 0) is 5.41 Å². The lowest BCUT2D eigenvalue weighted by Gasteiger charge is -2.35. The molecule has 2 heteroatoms. The maximum atomic E-state index is 5.63. The minimum Gasteiger partial charge on any atom is -0.497 e. The highest BCUT2D eigenvalue weighted by Gasteiger charge is 2.46. The summed E-state index contributed by atoms with van der Waals surface area (Å²) in [6.45, 7) is 4.40. The summed E-state index contributed by atoms with van der Waals surface area (Å²) in [5.74, 6) is 0.851. The Balaban J connectivity index is 1.38. The van der Waals surface area contributed by atoms with Gasteiger partial charge in [-0.15, -0.1) is 0 Å². The quantitative estimate of drug-likeness (QED) is 0.176. The first-order valence-electron chi connectivity index (χ1n) is 16.5. The van der Waals surface area contributed by atoms with Crippen LogP contribution >= 0.6 is 0 Å². The highest BCUT2D eigenvalue weighted by molar-refractivity contribution is 5.89. The van der Waals surface area contributed by atoms with Gasteiger partial charge < -0.3 is 9.64 Å². The number of hydrogen-bond donors (Lipinski definition) is 0. The SMILES string of the molecule is COc1ccc(C2(c3cc(C)cc(C)c3)c3ccccc3-c3ccc(N(c4ccccc4)c4ccc(-c5ccccc5)cc4)cc32)cc1. The molecule has 0 aliphatic heterocycles. The monoisotopic (exact) mass is 619 g/mol. The molecule has 0 heterocycles. The number of hydrogen-bond acceptors (Lipinski definition) is 2. The van der Waals surface area contributed by atoms with Gasteiger partial charge in [0.1, 0.15) is 5.75 Å². The van der Waals surface area contributed by atoms with Gasteiger partial charge in [0.25, 0.3) is 0 Å². The van der Waals surface area contributed by atoms with E-state index >= 15 is 0 Å². The zero-order chi connectivity index (χ0) is 32.7. The minimum absolute atomic E-state index is 0.523. The molecule has 232 valence electrons. The van der Waals surface area contributed by atoms with E-state index in [9.17, 15) is 0 Å². The Labute approximate surface area is 283 Å². The second-order valence-electron chi connectivity index (χ2n) is 12.7. The van der Waals surface area contributed by atoms with Crippen molar-refractivity contribution in [1.29, 1.82) is 0 Å². The highest BCUT2D eigenvalue weighted by atomic mass is 16.5. The van der Waals surface area contributed by atoms with Crippen molar-refractivity contribution in [1.82, 2.24) is 0 Å². The average Bonchev–Trinajstić information content (AvgIpc) is 3.43. The van der Waals surface area contributed by atoms with Crippen LogP contribution < -0.4 is 9.64 Å². The molecule has 7 aromatic carbocycles. The number of nitrogens with zero attached hydrogens (tertiary/aromatic N) is 1. The minimum atomic E-state index is -0.523. The molecule has 0 amide bonds. The zero-order valence-electron chi connectivity index (χ0n) is 27.5. The molecule has 0 N–H and O–H groups in total. The molecule has 8 rings (SSSR count). The first-order valence-corrected chi connectivity index (χ1v) is 16.5. The lowest BCUT2D eigenvalue weighted by atomic mass is 9.67. The summed E-state index contributed by atoms with van der Waals surface area (Å²) in [5, 5.41) is 0. The molecule has 0 bridgehead atoms. The van der Waals surface area contributed by atoms with Crippen LogP contribution in [0.1, 0.15) is 33.4 Å². The summed E-state index contributed by atoms with van der Waals surface area (Å²) in [5.41, 5.74) is 15.3. The fourth-order valence-electron chi connectivity index (χ4n) is 7.69. The number of anilines is 3. The molecule has 0 radical (unpaired) electrons. The number of fused-ring (bicyclic) bond motifs is 3. The molecule has 0 fully saturated rings. The van der Waals surface area contributed by atoms with Gasteiger partial charge >= 0.3 is 0 Å². The van der Waals surface area contributed by atoms with Gasteiger partial charge in [-0.25, -0.2) is 0 Å². The fourth-order valence-corrected chi connectivity index (χ4v) is 7.69. The molecule has 0 saturated heterocycles. The number of aryl methyl sites for hydroxylation is 2. The Morgan fingerprint density at radius 1 is 0.438 bits per heavy atom. The Morgan fingerprint density at radius 2 is 1.00 bits per heavy atom. The van der Waals surface area contributed by atoms with E-state index in [-0.39, 0.29) is 0 Å². The molecular weight excluding hydrogens is 583 g/mol. The second-order valence-corrected chi connectivity index (χ2v) is 12.7. The normalized spacial score (nSPS) is 14.6.